The van der Waals surface area contributed by atoms with Crippen LogP contribution in [0.15, 0.2) is 17.5 Å². The van der Waals surface area contributed by atoms with Crippen LogP contribution in [0.4, 0.5) is 10.5 Å². The van der Waals surface area contributed by atoms with Gasteiger partial charge in [0.15, 0.2) is 0 Å². The minimum Gasteiger partial charge on any atom is -0.444 e. The average molecular weight is 431 g/mol. The van der Waals surface area contributed by atoms with Gasteiger partial charge < -0.3 is 21.1 Å². The zero-order chi connectivity index (χ0) is 20.9. The lowest BCUT2D eigenvalue weighted by atomic mass is 9.96. The highest BCUT2D eigenvalue weighted by atomic mass is 32.1. The molecule has 1 aliphatic heterocycles. The number of pyridine rings is 1. The smallest absolute Gasteiger partial charge is 0.410 e. The van der Waals surface area contributed by atoms with E-state index in [9.17, 15) is 9.59 Å². The van der Waals surface area contributed by atoms with Gasteiger partial charge >= 0.3 is 6.09 Å². The molecule has 3 aromatic heterocycles. The second kappa shape index (κ2) is 7.00. The van der Waals surface area contributed by atoms with Crippen molar-refractivity contribution in [2.45, 2.75) is 39.3 Å². The Bertz CT molecular complexity index is 1110. The van der Waals surface area contributed by atoms with Gasteiger partial charge in [0.05, 0.1) is 12.2 Å². The highest BCUT2D eigenvalue weighted by Crippen LogP contribution is 2.44. The summed E-state index contributed by atoms with van der Waals surface area (Å²) in [4.78, 5) is 33.0. The van der Waals surface area contributed by atoms with Gasteiger partial charge in [-0.1, -0.05) is 6.07 Å². The van der Waals surface area contributed by atoms with Crippen molar-refractivity contribution in [3.63, 3.8) is 0 Å². The van der Waals surface area contributed by atoms with E-state index in [1.54, 1.807) is 16.2 Å². The van der Waals surface area contributed by atoms with Gasteiger partial charge in [-0.2, -0.15) is 0 Å². The zero-order valence-corrected chi connectivity index (χ0v) is 18.1. The number of primary amides is 1. The molecule has 0 radical (unpaired) electrons. The first-order valence-electron chi connectivity index (χ1n) is 9.21. The van der Waals surface area contributed by atoms with Gasteiger partial charge in [0.1, 0.15) is 15.3 Å². The Balaban J connectivity index is 1.88. The largest absolute Gasteiger partial charge is 0.444 e. The number of rotatable bonds is 2. The van der Waals surface area contributed by atoms with Crippen LogP contribution in [0.1, 0.15) is 41.7 Å². The average Bonchev–Trinajstić information content (AvgIpc) is 3.26. The Hall–Kier alpha value is -2.65. The molecule has 1 aliphatic rings. The molecular formula is C20H22N4O3S2. The predicted octanol–water partition coefficient (Wildman–Crippen LogP) is 4.00. The van der Waals surface area contributed by atoms with Crippen LogP contribution < -0.4 is 11.5 Å². The van der Waals surface area contributed by atoms with Crippen molar-refractivity contribution in [3.05, 3.63) is 33.6 Å². The van der Waals surface area contributed by atoms with Crippen LogP contribution in [0, 0.1) is 0 Å². The molecule has 0 aliphatic carbocycles. The molecule has 9 heteroatoms. The SMILES string of the molecule is CC(C)(C)OC(=O)N1CCc2nc3sc(C(N)=O)c(N)c3c(-c3cccs3)c2C1. The molecule has 0 unspecified atom stereocenters. The number of anilines is 1. The number of amides is 2. The van der Waals surface area contributed by atoms with Crippen LogP contribution in [0.2, 0.25) is 0 Å². The summed E-state index contributed by atoms with van der Waals surface area (Å²) < 4.78 is 5.55. The van der Waals surface area contributed by atoms with Gasteiger partial charge in [0, 0.05) is 40.0 Å². The third-order valence-electron chi connectivity index (χ3n) is 4.67. The first-order valence-corrected chi connectivity index (χ1v) is 10.9. The molecule has 2 amide bonds. The van der Waals surface area contributed by atoms with Crippen molar-refractivity contribution in [2.24, 2.45) is 5.73 Å². The zero-order valence-electron chi connectivity index (χ0n) is 16.4. The number of aromatic nitrogens is 1. The minimum absolute atomic E-state index is 0.316. The number of nitrogens with two attached hydrogens (primary N) is 2. The van der Waals surface area contributed by atoms with E-state index < -0.39 is 11.5 Å². The van der Waals surface area contributed by atoms with Crippen molar-refractivity contribution in [3.8, 4) is 10.4 Å². The van der Waals surface area contributed by atoms with Crippen molar-refractivity contribution in [1.82, 2.24) is 9.88 Å². The van der Waals surface area contributed by atoms with E-state index >= 15 is 0 Å². The number of carbonyl (C=O) groups excluding carboxylic acids is 2. The molecule has 0 atom stereocenters. The molecule has 152 valence electrons. The first-order chi connectivity index (χ1) is 13.7. The maximum absolute atomic E-state index is 12.6. The van der Waals surface area contributed by atoms with E-state index in [4.69, 9.17) is 21.2 Å². The summed E-state index contributed by atoms with van der Waals surface area (Å²) in [5.41, 5.74) is 14.4. The summed E-state index contributed by atoms with van der Waals surface area (Å²) >= 11 is 2.80. The van der Waals surface area contributed by atoms with Crippen LogP contribution >= 0.6 is 22.7 Å². The Kier molecular flexibility index (Phi) is 4.74. The maximum Gasteiger partial charge on any atom is 0.410 e. The van der Waals surface area contributed by atoms with Gasteiger partial charge in [-0.25, -0.2) is 9.78 Å². The summed E-state index contributed by atoms with van der Waals surface area (Å²) in [6, 6.07) is 3.97. The second-order valence-electron chi connectivity index (χ2n) is 7.93. The minimum atomic E-state index is -0.565. The summed E-state index contributed by atoms with van der Waals surface area (Å²) in [5, 5.41) is 2.72. The van der Waals surface area contributed by atoms with Crippen LogP contribution in [-0.4, -0.2) is 34.0 Å². The van der Waals surface area contributed by atoms with Crippen LogP contribution in [0.25, 0.3) is 20.7 Å². The lowest BCUT2D eigenvalue weighted by Crippen LogP contribution is -2.40. The molecular weight excluding hydrogens is 408 g/mol. The van der Waals surface area contributed by atoms with E-state index in [1.807, 2.05) is 38.3 Å². The highest BCUT2D eigenvalue weighted by Gasteiger charge is 2.31. The topological polar surface area (TPSA) is 112 Å². The molecule has 0 spiro atoms. The van der Waals surface area contributed by atoms with Crippen molar-refractivity contribution in [2.75, 3.05) is 12.3 Å². The fraction of sp³-hybridized carbons (Fsp3) is 0.350. The molecule has 0 aromatic carbocycles. The molecule has 4 heterocycles. The molecule has 3 aromatic rings. The number of thiophene rings is 2. The number of hydrogen-bond acceptors (Lipinski definition) is 7. The Morgan fingerprint density at radius 2 is 2.07 bits per heavy atom. The van der Waals surface area contributed by atoms with Crippen molar-refractivity contribution < 1.29 is 14.3 Å². The van der Waals surface area contributed by atoms with Gasteiger partial charge in [-0.3, -0.25) is 4.79 Å². The van der Waals surface area contributed by atoms with Crippen LogP contribution in [0.5, 0.6) is 0 Å². The molecule has 4 rings (SSSR count). The summed E-state index contributed by atoms with van der Waals surface area (Å²) in [5.74, 6) is -0.559. The molecule has 0 fully saturated rings. The molecule has 0 saturated heterocycles. The van der Waals surface area contributed by atoms with Gasteiger partial charge in [-0.05, 0) is 32.2 Å². The Labute approximate surface area is 176 Å². The van der Waals surface area contributed by atoms with Crippen molar-refractivity contribution in [1.29, 1.82) is 0 Å². The van der Waals surface area contributed by atoms with Gasteiger partial charge in [0.25, 0.3) is 5.91 Å². The lowest BCUT2D eigenvalue weighted by Gasteiger charge is -2.32. The van der Waals surface area contributed by atoms with E-state index in [0.717, 1.165) is 27.1 Å². The van der Waals surface area contributed by atoms with Crippen molar-refractivity contribution >= 4 is 50.6 Å². The number of nitrogen functional groups attached to an aromatic ring is 1. The monoisotopic (exact) mass is 430 g/mol. The fourth-order valence-corrected chi connectivity index (χ4v) is 5.26. The molecule has 4 N–H and O–H groups in total. The highest BCUT2D eigenvalue weighted by molar-refractivity contribution is 7.21. The quantitative estimate of drug-likeness (QED) is 0.638. The predicted molar refractivity (Wildman–Crippen MR) is 116 cm³/mol. The number of carbonyl (C=O) groups is 2. The number of hydrogen-bond donors (Lipinski definition) is 2. The third-order valence-corrected chi connectivity index (χ3v) is 6.68. The fourth-order valence-electron chi connectivity index (χ4n) is 3.48. The van der Waals surface area contributed by atoms with Gasteiger partial charge in [-0.15, -0.1) is 22.7 Å². The van der Waals surface area contributed by atoms with Crippen LogP contribution in [-0.2, 0) is 17.7 Å². The molecule has 7 nitrogen and oxygen atoms in total. The molecule has 0 saturated carbocycles. The molecule has 29 heavy (non-hydrogen) atoms. The standard InChI is InChI=1S/C20H22N4O3S2/c1-20(2,3)27-19(26)24-7-6-11-10(9-24)13(12-5-4-8-28-12)14-15(21)16(17(22)25)29-18(14)23-11/h4-5,8H,6-7,9,21H2,1-3H3,(H2,22,25). The van der Waals surface area contributed by atoms with E-state index in [-0.39, 0.29) is 6.09 Å². The first kappa shape index (κ1) is 19.7. The van der Waals surface area contributed by atoms with Gasteiger partial charge in [0.2, 0.25) is 0 Å². The number of fused-ring (bicyclic) bond motifs is 2. The summed E-state index contributed by atoms with van der Waals surface area (Å²) in [6.07, 6.45) is 0.253. The summed E-state index contributed by atoms with van der Waals surface area (Å²) in [6.45, 7) is 6.45. The normalized spacial score (nSPS) is 14.1. The third kappa shape index (κ3) is 3.56. The van der Waals surface area contributed by atoms with E-state index in [2.05, 4.69) is 0 Å². The lowest BCUT2D eigenvalue weighted by molar-refractivity contribution is 0.0223. The van der Waals surface area contributed by atoms with E-state index in [1.165, 1.54) is 11.3 Å². The Morgan fingerprint density at radius 3 is 2.69 bits per heavy atom. The Morgan fingerprint density at radius 1 is 1.31 bits per heavy atom. The van der Waals surface area contributed by atoms with Crippen LogP contribution in [0.3, 0.4) is 0 Å². The van der Waals surface area contributed by atoms with E-state index in [0.29, 0.717) is 34.9 Å². The maximum atomic E-state index is 12.6. The number of nitrogens with zero attached hydrogens (tertiary/aromatic N) is 2. The summed E-state index contributed by atoms with van der Waals surface area (Å²) in [7, 11) is 0. The second-order valence-corrected chi connectivity index (χ2v) is 9.88. The number of ether oxygens (including phenoxy) is 1. The molecule has 0 bridgehead atoms.